The third-order valence-corrected chi connectivity index (χ3v) is 4.27. The van der Waals surface area contributed by atoms with Gasteiger partial charge in [-0.15, -0.1) is 10.2 Å². The van der Waals surface area contributed by atoms with Gasteiger partial charge in [0, 0.05) is 18.7 Å². The first-order valence-corrected chi connectivity index (χ1v) is 7.73. The Balaban J connectivity index is 2.06. The van der Waals surface area contributed by atoms with Gasteiger partial charge in [0.15, 0.2) is 5.01 Å². The summed E-state index contributed by atoms with van der Waals surface area (Å²) in [5.74, 6) is -0.440. The number of rotatable bonds is 4. The minimum atomic E-state index is -0.357. The van der Waals surface area contributed by atoms with Crippen molar-refractivity contribution < 1.29 is 9.18 Å². The van der Waals surface area contributed by atoms with E-state index >= 15 is 0 Å². The van der Waals surface area contributed by atoms with Crippen molar-refractivity contribution in [3.63, 3.8) is 0 Å². The van der Waals surface area contributed by atoms with E-state index < -0.39 is 0 Å². The number of hydrogen-bond acceptors (Lipinski definition) is 5. The number of benzene rings is 1. The van der Waals surface area contributed by atoms with Crippen molar-refractivity contribution in [3.05, 3.63) is 35.9 Å². The number of hydrogen-bond donors (Lipinski definition) is 0. The molecule has 3 rings (SSSR count). The van der Waals surface area contributed by atoms with Gasteiger partial charge < -0.3 is 4.90 Å². The molecule has 1 amide bonds. The van der Waals surface area contributed by atoms with Crippen LogP contribution in [0.15, 0.2) is 24.3 Å². The third kappa shape index (κ3) is 2.35. The van der Waals surface area contributed by atoms with Crippen molar-refractivity contribution in [2.24, 2.45) is 0 Å². The molecule has 0 N–H and O–H groups in total. The van der Waals surface area contributed by atoms with E-state index in [4.69, 9.17) is 0 Å². The van der Waals surface area contributed by atoms with Gasteiger partial charge in [-0.1, -0.05) is 23.5 Å². The lowest BCUT2D eigenvalue weighted by atomic mass is 10.2. The summed E-state index contributed by atoms with van der Waals surface area (Å²) >= 11 is 1.20. The van der Waals surface area contributed by atoms with Crippen LogP contribution in [0.25, 0.3) is 15.5 Å². The number of carbonyl (C=O) groups excluding carboxylic acids is 1. The molecule has 0 saturated heterocycles. The molecule has 0 spiro atoms. The van der Waals surface area contributed by atoms with Crippen molar-refractivity contribution in [1.82, 2.24) is 24.7 Å². The van der Waals surface area contributed by atoms with Crippen molar-refractivity contribution in [2.45, 2.75) is 13.8 Å². The van der Waals surface area contributed by atoms with Gasteiger partial charge in [-0.2, -0.15) is 9.61 Å². The molecule has 6 nitrogen and oxygen atoms in total. The number of amides is 1. The van der Waals surface area contributed by atoms with Crippen LogP contribution in [0.5, 0.6) is 0 Å². The van der Waals surface area contributed by atoms with Crippen LogP contribution in [0, 0.1) is 5.82 Å². The summed E-state index contributed by atoms with van der Waals surface area (Å²) in [6, 6.07) is 6.38. The molecule has 0 saturated carbocycles. The number of aromatic nitrogens is 4. The van der Waals surface area contributed by atoms with Gasteiger partial charge >= 0.3 is 0 Å². The Morgan fingerprint density at radius 1 is 1.27 bits per heavy atom. The molecule has 22 heavy (non-hydrogen) atoms. The Kier molecular flexibility index (Phi) is 3.84. The molecule has 0 fully saturated rings. The zero-order chi connectivity index (χ0) is 15.7. The van der Waals surface area contributed by atoms with E-state index in [9.17, 15) is 9.18 Å². The second-order valence-electron chi connectivity index (χ2n) is 4.58. The zero-order valence-electron chi connectivity index (χ0n) is 12.2. The largest absolute Gasteiger partial charge is 0.336 e. The first-order valence-electron chi connectivity index (χ1n) is 6.92. The van der Waals surface area contributed by atoms with Crippen molar-refractivity contribution in [2.75, 3.05) is 13.1 Å². The topological polar surface area (TPSA) is 63.4 Å². The Morgan fingerprint density at radius 2 is 2.00 bits per heavy atom. The molecule has 0 bridgehead atoms. The second-order valence-corrected chi connectivity index (χ2v) is 5.54. The molecule has 3 aromatic rings. The average Bonchev–Trinajstić information content (AvgIpc) is 3.08. The molecular formula is C14H14FN5OS. The van der Waals surface area contributed by atoms with Gasteiger partial charge in [-0.05, 0) is 26.0 Å². The molecule has 0 aliphatic carbocycles. The Morgan fingerprint density at radius 3 is 2.68 bits per heavy atom. The van der Waals surface area contributed by atoms with E-state index in [-0.39, 0.29) is 17.5 Å². The summed E-state index contributed by atoms with van der Waals surface area (Å²) in [4.78, 5) is 14.5. The molecule has 114 valence electrons. The zero-order valence-corrected chi connectivity index (χ0v) is 13.0. The summed E-state index contributed by atoms with van der Waals surface area (Å²) in [5.41, 5.74) is 0.388. The lowest BCUT2D eigenvalue weighted by Gasteiger charge is -2.16. The molecule has 0 aliphatic heterocycles. The summed E-state index contributed by atoms with van der Waals surface area (Å²) in [6.07, 6.45) is 0. The highest BCUT2D eigenvalue weighted by atomic mass is 32.1. The molecule has 8 heteroatoms. The van der Waals surface area contributed by atoms with E-state index in [0.29, 0.717) is 28.6 Å². The fourth-order valence-electron chi connectivity index (χ4n) is 2.15. The maximum Gasteiger partial charge on any atom is 0.293 e. The lowest BCUT2D eigenvalue weighted by Crippen LogP contribution is -2.32. The molecule has 0 unspecified atom stereocenters. The van der Waals surface area contributed by atoms with Crippen molar-refractivity contribution >= 4 is 22.2 Å². The highest BCUT2D eigenvalue weighted by Crippen LogP contribution is 2.27. The lowest BCUT2D eigenvalue weighted by molar-refractivity contribution is 0.0758. The Hall–Kier alpha value is -2.35. The fourth-order valence-corrected chi connectivity index (χ4v) is 3.01. The van der Waals surface area contributed by atoms with Crippen LogP contribution in [-0.4, -0.2) is 43.7 Å². The minimum Gasteiger partial charge on any atom is -0.336 e. The van der Waals surface area contributed by atoms with E-state index in [2.05, 4.69) is 15.3 Å². The van der Waals surface area contributed by atoms with Crippen LogP contribution in [0.3, 0.4) is 0 Å². The summed E-state index contributed by atoms with van der Waals surface area (Å²) in [5, 5.41) is 12.6. The van der Waals surface area contributed by atoms with Crippen molar-refractivity contribution in [3.8, 4) is 10.6 Å². The maximum absolute atomic E-state index is 13.9. The molecule has 1 aromatic carbocycles. The maximum atomic E-state index is 13.9. The number of halogens is 1. The fraction of sp³-hybridized carbons (Fsp3) is 0.286. The van der Waals surface area contributed by atoms with Gasteiger partial charge in [0.05, 0.1) is 0 Å². The normalized spacial score (nSPS) is 11.0. The van der Waals surface area contributed by atoms with Gasteiger partial charge in [0.1, 0.15) is 5.82 Å². The van der Waals surface area contributed by atoms with E-state index in [1.54, 1.807) is 23.1 Å². The Labute approximate surface area is 130 Å². The Bertz CT molecular complexity index is 824. The SMILES string of the molecule is CCN(CC)C(=O)c1nnc2sc(-c3ccccc3F)nn12. The standard InChI is InChI=1S/C14H14FN5OS/c1-3-19(4-2)13(21)11-16-17-14-20(11)18-12(22-14)9-7-5-6-8-10(9)15/h5-8H,3-4H2,1-2H3. The van der Waals surface area contributed by atoms with Crippen LogP contribution >= 0.6 is 11.3 Å². The third-order valence-electron chi connectivity index (χ3n) is 3.34. The molecule has 0 atom stereocenters. The summed E-state index contributed by atoms with van der Waals surface area (Å²) in [7, 11) is 0. The van der Waals surface area contributed by atoms with Gasteiger partial charge in [-0.25, -0.2) is 4.39 Å². The number of nitrogens with zero attached hydrogens (tertiary/aromatic N) is 5. The van der Waals surface area contributed by atoms with E-state index in [1.807, 2.05) is 13.8 Å². The first-order chi connectivity index (χ1) is 10.7. The number of fused-ring (bicyclic) bond motifs is 1. The van der Waals surface area contributed by atoms with Crippen LogP contribution < -0.4 is 0 Å². The van der Waals surface area contributed by atoms with E-state index in [1.165, 1.54) is 21.9 Å². The molecule has 2 heterocycles. The van der Waals surface area contributed by atoms with Crippen molar-refractivity contribution in [1.29, 1.82) is 0 Å². The predicted octanol–water partition coefficient (Wildman–Crippen LogP) is 2.47. The predicted molar refractivity (Wildman–Crippen MR) is 81.3 cm³/mol. The van der Waals surface area contributed by atoms with Crippen LogP contribution in [-0.2, 0) is 0 Å². The summed E-state index contributed by atoms with van der Waals surface area (Å²) < 4.78 is 15.2. The molecule has 0 radical (unpaired) electrons. The number of carbonyl (C=O) groups is 1. The molecule has 2 aromatic heterocycles. The monoisotopic (exact) mass is 319 g/mol. The smallest absolute Gasteiger partial charge is 0.293 e. The van der Waals surface area contributed by atoms with Crippen LogP contribution in [0.1, 0.15) is 24.5 Å². The van der Waals surface area contributed by atoms with Gasteiger partial charge in [-0.3, -0.25) is 4.79 Å². The second kappa shape index (κ2) is 5.80. The van der Waals surface area contributed by atoms with Crippen LogP contribution in [0.2, 0.25) is 0 Å². The molecular weight excluding hydrogens is 305 g/mol. The minimum absolute atomic E-state index is 0.150. The first kappa shape index (κ1) is 14.6. The van der Waals surface area contributed by atoms with E-state index in [0.717, 1.165) is 0 Å². The van der Waals surface area contributed by atoms with Gasteiger partial charge in [0.2, 0.25) is 10.8 Å². The highest BCUT2D eigenvalue weighted by molar-refractivity contribution is 7.19. The van der Waals surface area contributed by atoms with Crippen LogP contribution in [0.4, 0.5) is 4.39 Å². The highest BCUT2D eigenvalue weighted by Gasteiger charge is 2.22. The quantitative estimate of drug-likeness (QED) is 0.741. The van der Waals surface area contributed by atoms with Gasteiger partial charge in [0.25, 0.3) is 5.91 Å². The average molecular weight is 319 g/mol. The summed E-state index contributed by atoms with van der Waals surface area (Å²) in [6.45, 7) is 4.94. The molecule has 0 aliphatic rings.